The molecule has 1 aliphatic rings. The Labute approximate surface area is 211 Å². The minimum absolute atomic E-state index is 0.211. The molecule has 1 N–H and O–H groups in total. The maximum absolute atomic E-state index is 12.4. The van der Waals surface area contributed by atoms with Crippen LogP contribution in [0.25, 0.3) is 0 Å². The maximum Gasteiger partial charge on any atom is 0.261 e. The van der Waals surface area contributed by atoms with Crippen molar-refractivity contribution in [2.75, 3.05) is 11.9 Å². The summed E-state index contributed by atoms with van der Waals surface area (Å²) in [6.45, 7) is 0.709. The monoisotopic (exact) mass is 518 g/mol. The highest BCUT2D eigenvalue weighted by Crippen LogP contribution is 2.25. The molecule has 0 unspecified atom stereocenters. The highest BCUT2D eigenvalue weighted by molar-refractivity contribution is 6.35. The second-order valence-electron chi connectivity index (χ2n) is 7.93. The molecule has 1 aromatic heterocycles. The van der Waals surface area contributed by atoms with Crippen LogP contribution in [0.4, 0.5) is 5.82 Å². The molecule has 34 heavy (non-hydrogen) atoms. The summed E-state index contributed by atoms with van der Waals surface area (Å²) in [5, 5.41) is 8.43. The van der Waals surface area contributed by atoms with Crippen LogP contribution < -0.4 is 5.32 Å². The number of halogens is 3. The van der Waals surface area contributed by atoms with Crippen molar-refractivity contribution in [2.45, 2.75) is 32.2 Å². The normalized spacial score (nSPS) is 12.9. The van der Waals surface area contributed by atoms with Gasteiger partial charge in [0.05, 0.1) is 17.7 Å². The quantitative estimate of drug-likeness (QED) is 0.291. The first-order valence-electron chi connectivity index (χ1n) is 10.8. The summed E-state index contributed by atoms with van der Waals surface area (Å²) in [6.07, 6.45) is 3.81. The Morgan fingerprint density at radius 2 is 1.62 bits per heavy atom. The summed E-state index contributed by atoms with van der Waals surface area (Å²) in [5.74, 6) is -0.452. The van der Waals surface area contributed by atoms with E-state index in [4.69, 9.17) is 34.8 Å². The van der Waals surface area contributed by atoms with E-state index >= 15 is 0 Å². The number of nitrogens with zero attached hydrogens (tertiary/aromatic N) is 3. The van der Waals surface area contributed by atoms with Crippen molar-refractivity contribution < 1.29 is 14.4 Å². The van der Waals surface area contributed by atoms with Gasteiger partial charge in [-0.15, -0.1) is 0 Å². The van der Waals surface area contributed by atoms with Crippen LogP contribution in [0, 0.1) is 0 Å². The zero-order chi connectivity index (χ0) is 24.2. The Morgan fingerprint density at radius 1 is 0.912 bits per heavy atom. The second-order valence-corrected chi connectivity index (χ2v) is 9.18. The van der Waals surface area contributed by atoms with Gasteiger partial charge in [-0.3, -0.25) is 24.0 Å². The van der Waals surface area contributed by atoms with Crippen LogP contribution >= 0.6 is 34.8 Å². The summed E-state index contributed by atoms with van der Waals surface area (Å²) >= 11 is 18.4. The fourth-order valence-electron chi connectivity index (χ4n) is 3.76. The number of rotatable bonds is 9. The number of nitrogens with one attached hydrogen (secondary N) is 1. The molecule has 0 bridgehead atoms. The SMILES string of the molecule is O=C(CCCCCN1C(=O)c2ccccc2C1=O)Nc1nn(Cc2ccc(Cl)cc2Cl)cc1Cl. The molecule has 4 rings (SSSR count). The van der Waals surface area contributed by atoms with E-state index in [0.29, 0.717) is 58.5 Å². The van der Waals surface area contributed by atoms with Gasteiger partial charge in [-0.05, 0) is 42.7 Å². The molecule has 7 nitrogen and oxygen atoms in total. The summed E-state index contributed by atoms with van der Waals surface area (Å²) in [7, 11) is 0. The number of hydrogen-bond donors (Lipinski definition) is 1. The Balaban J connectivity index is 1.21. The van der Waals surface area contributed by atoms with Crippen LogP contribution in [0.5, 0.6) is 0 Å². The number of carbonyl (C=O) groups is 3. The standard InChI is InChI=1S/C24H21Cl3N4O3/c25-16-10-9-15(19(26)12-16)13-30-14-20(27)22(29-30)28-21(32)8-2-1-5-11-31-23(33)17-6-3-4-7-18(17)24(31)34/h3-4,6-7,9-10,12,14H,1-2,5,8,11,13H2,(H,28,29,32). The number of fused-ring (bicyclic) bond motifs is 1. The average molecular weight is 520 g/mol. The highest BCUT2D eigenvalue weighted by atomic mass is 35.5. The molecular formula is C24H21Cl3N4O3. The van der Waals surface area contributed by atoms with Gasteiger partial charge in [0.25, 0.3) is 11.8 Å². The van der Waals surface area contributed by atoms with E-state index in [1.807, 2.05) is 0 Å². The van der Waals surface area contributed by atoms with E-state index < -0.39 is 0 Å². The topological polar surface area (TPSA) is 84.3 Å². The number of imide groups is 1. The van der Waals surface area contributed by atoms with E-state index in [2.05, 4.69) is 10.4 Å². The lowest BCUT2D eigenvalue weighted by atomic mass is 10.1. The van der Waals surface area contributed by atoms with Crippen LogP contribution in [0.15, 0.2) is 48.7 Å². The lowest BCUT2D eigenvalue weighted by molar-refractivity contribution is -0.116. The number of amides is 3. The lowest BCUT2D eigenvalue weighted by Gasteiger charge is -2.13. The lowest BCUT2D eigenvalue weighted by Crippen LogP contribution is -2.30. The third kappa shape index (κ3) is 5.43. The molecule has 0 saturated carbocycles. The third-order valence-corrected chi connectivity index (χ3v) is 6.35. The van der Waals surface area contributed by atoms with Crippen LogP contribution in [-0.2, 0) is 11.3 Å². The largest absolute Gasteiger partial charge is 0.308 e. The Morgan fingerprint density at radius 3 is 2.29 bits per heavy atom. The van der Waals surface area contributed by atoms with Crippen molar-refractivity contribution in [3.63, 3.8) is 0 Å². The average Bonchev–Trinajstić information content (AvgIpc) is 3.26. The Kier molecular flexibility index (Phi) is 7.56. The van der Waals surface area contributed by atoms with E-state index in [1.54, 1.807) is 53.3 Å². The summed E-state index contributed by atoms with van der Waals surface area (Å²) in [6, 6.07) is 12.0. The third-order valence-electron chi connectivity index (χ3n) is 5.49. The molecule has 3 aromatic rings. The Hall–Kier alpha value is -2.87. The van der Waals surface area contributed by atoms with Crippen molar-refractivity contribution in [3.05, 3.63) is 80.4 Å². The fourth-order valence-corrected chi connectivity index (χ4v) is 4.42. The van der Waals surface area contributed by atoms with E-state index in [9.17, 15) is 14.4 Å². The molecule has 0 spiro atoms. The van der Waals surface area contributed by atoms with Crippen molar-refractivity contribution >= 4 is 58.3 Å². The number of benzene rings is 2. The number of carbonyl (C=O) groups excluding carboxylic acids is 3. The van der Waals surface area contributed by atoms with E-state index in [0.717, 1.165) is 5.56 Å². The number of aromatic nitrogens is 2. The van der Waals surface area contributed by atoms with Gasteiger partial charge in [0.1, 0.15) is 5.02 Å². The molecule has 10 heteroatoms. The first-order valence-corrected chi connectivity index (χ1v) is 11.9. The Bertz CT molecular complexity index is 1220. The molecule has 3 amide bonds. The molecular weight excluding hydrogens is 499 g/mol. The molecule has 176 valence electrons. The summed E-state index contributed by atoms with van der Waals surface area (Å²) < 4.78 is 1.59. The van der Waals surface area contributed by atoms with Gasteiger partial charge in [0.15, 0.2) is 5.82 Å². The zero-order valence-electron chi connectivity index (χ0n) is 18.1. The molecule has 0 atom stereocenters. The molecule has 0 saturated heterocycles. The number of unbranched alkanes of at least 4 members (excludes halogenated alkanes) is 2. The van der Waals surface area contributed by atoms with Gasteiger partial charge >= 0.3 is 0 Å². The number of hydrogen-bond acceptors (Lipinski definition) is 4. The smallest absolute Gasteiger partial charge is 0.261 e. The molecule has 2 aromatic carbocycles. The van der Waals surface area contributed by atoms with E-state index in [-0.39, 0.29) is 30.0 Å². The zero-order valence-corrected chi connectivity index (χ0v) is 20.3. The van der Waals surface area contributed by atoms with Crippen molar-refractivity contribution in [1.29, 1.82) is 0 Å². The van der Waals surface area contributed by atoms with Gasteiger partial charge in [0.2, 0.25) is 5.91 Å². The second kappa shape index (κ2) is 10.6. The fraction of sp³-hybridized carbons (Fsp3) is 0.250. The van der Waals surface area contributed by atoms with Gasteiger partial charge in [-0.25, -0.2) is 0 Å². The summed E-state index contributed by atoms with van der Waals surface area (Å²) in [5.41, 5.74) is 1.71. The van der Waals surface area contributed by atoms with Crippen LogP contribution in [-0.4, -0.2) is 38.9 Å². The van der Waals surface area contributed by atoms with Gasteiger partial charge < -0.3 is 5.32 Å². The molecule has 0 aliphatic carbocycles. The molecule has 1 aliphatic heterocycles. The predicted octanol–water partition coefficient (Wildman–Crippen LogP) is 5.69. The van der Waals surface area contributed by atoms with Crippen LogP contribution in [0.1, 0.15) is 52.0 Å². The van der Waals surface area contributed by atoms with Crippen molar-refractivity contribution in [3.8, 4) is 0 Å². The molecule has 0 fully saturated rings. The summed E-state index contributed by atoms with van der Waals surface area (Å²) in [4.78, 5) is 38.3. The van der Waals surface area contributed by atoms with E-state index in [1.165, 1.54) is 4.90 Å². The van der Waals surface area contributed by atoms with Gasteiger partial charge in [-0.1, -0.05) is 59.4 Å². The minimum Gasteiger partial charge on any atom is -0.308 e. The maximum atomic E-state index is 12.4. The van der Waals surface area contributed by atoms with Gasteiger partial charge in [0, 0.05) is 29.2 Å². The number of anilines is 1. The minimum atomic E-state index is -0.261. The van der Waals surface area contributed by atoms with Crippen LogP contribution in [0.2, 0.25) is 15.1 Å². The van der Waals surface area contributed by atoms with Crippen molar-refractivity contribution in [1.82, 2.24) is 14.7 Å². The molecule has 2 heterocycles. The van der Waals surface area contributed by atoms with Crippen LogP contribution in [0.3, 0.4) is 0 Å². The predicted molar refractivity (Wildman–Crippen MR) is 132 cm³/mol. The first-order chi connectivity index (χ1) is 16.3. The van der Waals surface area contributed by atoms with Gasteiger partial charge in [-0.2, -0.15) is 5.10 Å². The molecule has 0 radical (unpaired) electrons. The highest BCUT2D eigenvalue weighted by Gasteiger charge is 2.34. The first kappa shape index (κ1) is 24.3. The van der Waals surface area contributed by atoms with Crippen molar-refractivity contribution in [2.24, 2.45) is 0 Å².